The van der Waals surface area contributed by atoms with Crippen molar-refractivity contribution in [3.8, 4) is 5.75 Å². The average molecular weight is 431 g/mol. The molecule has 1 unspecified atom stereocenters. The molecule has 1 aromatic heterocycles. The molecule has 0 saturated carbocycles. The first-order valence-electron chi connectivity index (χ1n) is 10.7. The lowest BCUT2D eigenvalue weighted by atomic mass is 9.86. The number of fused-ring (bicyclic) bond motifs is 1. The molecule has 2 aromatic carbocycles. The Morgan fingerprint density at radius 1 is 1.06 bits per heavy atom. The van der Waals surface area contributed by atoms with Crippen molar-refractivity contribution in [1.82, 2.24) is 10.3 Å². The molecule has 0 fully saturated rings. The molecule has 0 radical (unpaired) electrons. The first kappa shape index (κ1) is 21.4. The summed E-state index contributed by atoms with van der Waals surface area (Å²) in [5.74, 6) is -0.448. The number of aromatic nitrogens is 1. The number of allylic oxidation sites excluding steroid dienone is 1. The fraction of sp³-hybridized carbons (Fsp3) is 0.231. The molecular formula is C26H26N2O4. The van der Waals surface area contributed by atoms with Gasteiger partial charge in [0.05, 0.1) is 6.04 Å². The number of hydrogen-bond donors (Lipinski definition) is 3. The summed E-state index contributed by atoms with van der Waals surface area (Å²) in [7, 11) is 0. The summed E-state index contributed by atoms with van der Waals surface area (Å²) in [6, 6.07) is 17.3. The van der Waals surface area contributed by atoms with Gasteiger partial charge in [0, 0.05) is 24.4 Å². The second-order valence-electron chi connectivity index (χ2n) is 7.81. The third-order valence-electron chi connectivity index (χ3n) is 5.63. The van der Waals surface area contributed by atoms with Crippen molar-refractivity contribution in [3.05, 3.63) is 95.3 Å². The Hall–Kier alpha value is -3.80. The number of nitrogens with one attached hydrogen (secondary N) is 2. The number of rotatable bonds is 8. The van der Waals surface area contributed by atoms with Crippen LogP contribution in [0.3, 0.4) is 0 Å². The van der Waals surface area contributed by atoms with Crippen LogP contribution in [0.15, 0.2) is 73.1 Å². The van der Waals surface area contributed by atoms with Crippen LogP contribution in [0, 0.1) is 0 Å². The zero-order valence-electron chi connectivity index (χ0n) is 17.7. The van der Waals surface area contributed by atoms with Gasteiger partial charge < -0.3 is 20.1 Å². The number of amides is 1. The van der Waals surface area contributed by atoms with Gasteiger partial charge in [-0.2, -0.15) is 0 Å². The van der Waals surface area contributed by atoms with E-state index in [0.29, 0.717) is 5.75 Å². The van der Waals surface area contributed by atoms with Crippen molar-refractivity contribution in [2.45, 2.75) is 31.7 Å². The van der Waals surface area contributed by atoms with Gasteiger partial charge in [-0.3, -0.25) is 4.79 Å². The van der Waals surface area contributed by atoms with Crippen molar-refractivity contribution in [3.63, 3.8) is 0 Å². The molecule has 1 heterocycles. The van der Waals surface area contributed by atoms with Gasteiger partial charge in [-0.05, 0) is 53.7 Å². The second kappa shape index (κ2) is 10.0. The van der Waals surface area contributed by atoms with Crippen LogP contribution in [0.4, 0.5) is 0 Å². The van der Waals surface area contributed by atoms with E-state index >= 15 is 0 Å². The highest BCUT2D eigenvalue weighted by atomic mass is 16.5. The van der Waals surface area contributed by atoms with Gasteiger partial charge in [-0.15, -0.1) is 0 Å². The van der Waals surface area contributed by atoms with Gasteiger partial charge in [0.25, 0.3) is 0 Å². The maximum absolute atomic E-state index is 12.9. The lowest BCUT2D eigenvalue weighted by Gasteiger charge is -2.22. The number of aliphatic carboxylic acids is 1. The molecule has 0 aliphatic heterocycles. The maximum Gasteiger partial charge on any atom is 0.341 e. The van der Waals surface area contributed by atoms with Crippen molar-refractivity contribution in [2.75, 3.05) is 6.61 Å². The van der Waals surface area contributed by atoms with Crippen molar-refractivity contribution >= 4 is 17.4 Å². The number of carboxylic acid groups (broad SMARTS) is 1. The predicted molar refractivity (Wildman–Crippen MR) is 122 cm³/mol. The molecule has 0 spiro atoms. The predicted octanol–water partition coefficient (Wildman–Crippen LogP) is 4.49. The van der Waals surface area contributed by atoms with Crippen molar-refractivity contribution in [1.29, 1.82) is 0 Å². The summed E-state index contributed by atoms with van der Waals surface area (Å²) in [6.45, 7) is -0.363. The minimum Gasteiger partial charge on any atom is -0.482 e. The molecular weight excluding hydrogens is 404 g/mol. The Balaban J connectivity index is 1.49. The number of hydrogen-bond acceptors (Lipinski definition) is 3. The summed E-state index contributed by atoms with van der Waals surface area (Å²) in [5.41, 5.74) is 5.18. The molecule has 0 saturated heterocycles. The minimum atomic E-state index is -0.999. The van der Waals surface area contributed by atoms with Gasteiger partial charge in [0.15, 0.2) is 6.61 Å². The van der Waals surface area contributed by atoms with Crippen molar-refractivity contribution in [2.24, 2.45) is 0 Å². The van der Waals surface area contributed by atoms with E-state index in [-0.39, 0.29) is 25.0 Å². The Labute approximate surface area is 186 Å². The topological polar surface area (TPSA) is 91.4 Å². The van der Waals surface area contributed by atoms with E-state index in [4.69, 9.17) is 9.84 Å². The Morgan fingerprint density at radius 3 is 2.66 bits per heavy atom. The number of carboxylic acids is 1. The fourth-order valence-corrected chi connectivity index (χ4v) is 4.16. The molecule has 32 heavy (non-hydrogen) atoms. The SMILES string of the molecule is O=C(O)COc1cccc2c1CCCC2=CCC(=O)NC(c1ccccc1)c1cc[nH]c1. The monoisotopic (exact) mass is 430 g/mol. The van der Waals surface area contributed by atoms with E-state index in [1.807, 2.05) is 67.0 Å². The maximum atomic E-state index is 12.9. The van der Waals surface area contributed by atoms with Gasteiger partial charge in [0.1, 0.15) is 5.75 Å². The first-order chi connectivity index (χ1) is 15.6. The van der Waals surface area contributed by atoms with E-state index < -0.39 is 5.97 Å². The molecule has 6 nitrogen and oxygen atoms in total. The quantitative estimate of drug-likeness (QED) is 0.491. The fourth-order valence-electron chi connectivity index (χ4n) is 4.16. The molecule has 1 atom stereocenters. The number of aromatic amines is 1. The largest absolute Gasteiger partial charge is 0.482 e. The Bertz CT molecular complexity index is 1100. The molecule has 3 aromatic rings. The minimum absolute atomic E-state index is 0.0574. The first-order valence-corrected chi connectivity index (χ1v) is 10.7. The van der Waals surface area contributed by atoms with E-state index in [0.717, 1.165) is 47.1 Å². The van der Waals surface area contributed by atoms with Crippen LogP contribution in [0.5, 0.6) is 5.75 Å². The van der Waals surface area contributed by atoms with Crippen LogP contribution >= 0.6 is 0 Å². The van der Waals surface area contributed by atoms with E-state index in [1.54, 1.807) is 6.07 Å². The van der Waals surface area contributed by atoms with Gasteiger partial charge in [-0.25, -0.2) is 4.79 Å². The zero-order chi connectivity index (χ0) is 22.3. The second-order valence-corrected chi connectivity index (χ2v) is 7.81. The lowest BCUT2D eigenvalue weighted by molar-refractivity contribution is -0.139. The molecule has 164 valence electrons. The highest BCUT2D eigenvalue weighted by Crippen LogP contribution is 2.36. The number of ether oxygens (including phenoxy) is 1. The van der Waals surface area contributed by atoms with E-state index in [2.05, 4.69) is 10.3 Å². The van der Waals surface area contributed by atoms with Crippen molar-refractivity contribution < 1.29 is 19.4 Å². The van der Waals surface area contributed by atoms with Gasteiger partial charge in [0.2, 0.25) is 5.91 Å². The molecule has 4 rings (SSSR count). The lowest BCUT2D eigenvalue weighted by Crippen LogP contribution is -2.28. The zero-order valence-corrected chi connectivity index (χ0v) is 17.7. The standard InChI is InChI=1S/C26H26N2O4/c29-24(28-26(20-14-15-27-16-20)19-6-2-1-3-7-19)13-12-18-8-4-10-22-21(18)9-5-11-23(22)32-17-25(30)31/h1-3,5-7,9,11-12,14-16,26-27H,4,8,10,13,17H2,(H,28,29)(H,30,31). The molecule has 1 aliphatic carbocycles. The van der Waals surface area contributed by atoms with Crippen LogP contribution in [0.25, 0.3) is 5.57 Å². The van der Waals surface area contributed by atoms with Crippen LogP contribution in [-0.4, -0.2) is 28.6 Å². The third kappa shape index (κ3) is 5.09. The summed E-state index contributed by atoms with van der Waals surface area (Å²) < 4.78 is 5.47. The van der Waals surface area contributed by atoms with E-state index in [9.17, 15) is 9.59 Å². The van der Waals surface area contributed by atoms with Gasteiger partial charge in [-0.1, -0.05) is 48.5 Å². The highest BCUT2D eigenvalue weighted by molar-refractivity contribution is 5.82. The summed E-state index contributed by atoms with van der Waals surface area (Å²) in [5, 5.41) is 12.1. The van der Waals surface area contributed by atoms with Crippen LogP contribution in [0.2, 0.25) is 0 Å². The van der Waals surface area contributed by atoms with E-state index in [1.165, 1.54) is 0 Å². The average Bonchev–Trinajstić information content (AvgIpc) is 3.35. The number of benzene rings is 2. The Kier molecular flexibility index (Phi) is 6.70. The molecule has 3 N–H and O–H groups in total. The normalized spacial score (nSPS) is 15.1. The molecule has 1 amide bonds. The van der Waals surface area contributed by atoms with Crippen LogP contribution in [0.1, 0.15) is 47.6 Å². The summed E-state index contributed by atoms with van der Waals surface area (Å²) in [6.07, 6.45) is 8.63. The number of H-pyrrole nitrogens is 1. The van der Waals surface area contributed by atoms with Crippen LogP contribution in [-0.2, 0) is 16.0 Å². The smallest absolute Gasteiger partial charge is 0.341 e. The highest BCUT2D eigenvalue weighted by Gasteiger charge is 2.20. The Morgan fingerprint density at radius 2 is 1.91 bits per heavy atom. The number of carbonyl (C=O) groups excluding carboxylic acids is 1. The van der Waals surface area contributed by atoms with Gasteiger partial charge >= 0.3 is 5.97 Å². The third-order valence-corrected chi connectivity index (χ3v) is 5.63. The number of carbonyl (C=O) groups is 2. The van der Waals surface area contributed by atoms with Crippen LogP contribution < -0.4 is 10.1 Å². The molecule has 6 heteroatoms. The summed E-state index contributed by atoms with van der Waals surface area (Å²) >= 11 is 0. The molecule has 1 aliphatic rings. The summed E-state index contributed by atoms with van der Waals surface area (Å²) in [4.78, 5) is 26.8. The molecule has 0 bridgehead atoms.